The molecule has 23 nitrogen and oxygen atoms in total. The first-order valence-corrected chi connectivity index (χ1v) is 29.8. The lowest BCUT2D eigenvalue weighted by Crippen LogP contribution is -2.67. The van der Waals surface area contributed by atoms with Crippen LogP contribution >= 0.6 is 0 Å². The number of fused-ring (bicyclic) bond motifs is 4. The minimum absolute atomic E-state index is 0.0120. The molecule has 470 valence electrons. The maximum atomic E-state index is 15.5. The second-order valence-corrected chi connectivity index (χ2v) is 25.8. The molecule has 0 aromatic rings. The number of allylic oxidation sites excluding steroid dienone is 4. The lowest BCUT2D eigenvalue weighted by Gasteiger charge is -2.56. The number of aliphatic hydroxyl groups excluding tert-OH is 4. The van der Waals surface area contributed by atoms with Crippen LogP contribution in [0.2, 0.25) is 0 Å². The number of alkyl carbamates (subject to hydrolysis) is 1. The number of nitrogens with one attached hydrogen (secondary N) is 1. The number of carbonyl (C=O) groups is 4. The molecule has 6 N–H and O–H groups in total. The second-order valence-electron chi connectivity index (χ2n) is 25.8. The van der Waals surface area contributed by atoms with Crippen LogP contribution in [-0.4, -0.2) is 185 Å². The number of Topliss-reactive ketones (excluding diaryl/α,β-unsaturated/α-hetero) is 1. The maximum Gasteiger partial charge on any atom is 0.407 e. The fourth-order valence-electron chi connectivity index (χ4n) is 15.7. The third-order valence-corrected chi connectivity index (χ3v) is 20.2. The quantitative estimate of drug-likeness (QED) is 0.0449. The molecule has 4 aliphatic carbocycles. The van der Waals surface area contributed by atoms with Crippen LogP contribution in [0.5, 0.6) is 0 Å². The van der Waals surface area contributed by atoms with E-state index in [2.05, 4.69) is 25.2 Å². The SMILES string of the molecule is COC(=O)N[C@@H]1[C@H](C)O[C@@H](O[C@@H]2C/C=C(\C)[C@H]3C=C[C@H]4[C@H](O[C@@H]5C[C@@H](O[C@@H]6C[C@@H](O)[C@@H](O[C@@H]7C[C@@H](O)[C@@H](OC)[C@H](C)O7)[C@H](C)O6)[C@@H](O)[C@H](C)O5)[C@H](C)C[C@@H](C)[C@@H]4[C@@]3(C)C(O)=C3C(=O)OC4(C[C@H](C)C(C=O)=C[C@H]4/C=C\2C)C3=O)C[C@@]1(C)N([O-])O. The molecule has 5 saturated heterocycles. The highest BCUT2D eigenvalue weighted by Gasteiger charge is 2.64. The Morgan fingerprint density at radius 1 is 0.762 bits per heavy atom. The summed E-state index contributed by atoms with van der Waals surface area (Å²) in [4.78, 5) is 55.3. The van der Waals surface area contributed by atoms with Crippen molar-refractivity contribution < 1.29 is 96.9 Å². The molecule has 2 bridgehead atoms. The fourth-order valence-corrected chi connectivity index (χ4v) is 15.7. The molecule has 1 unspecified atom stereocenters. The molecule has 23 heteroatoms. The molecule has 84 heavy (non-hydrogen) atoms. The molecule has 5 heterocycles. The number of hydroxylamine groups is 2. The average Bonchev–Trinajstić information content (AvgIpc) is 2.80. The summed E-state index contributed by atoms with van der Waals surface area (Å²) in [7, 11) is 2.68. The summed E-state index contributed by atoms with van der Waals surface area (Å²) >= 11 is 0. The monoisotopic (exact) mass is 1190 g/mol. The zero-order valence-electron chi connectivity index (χ0n) is 50.5. The van der Waals surface area contributed by atoms with Crippen LogP contribution in [-0.2, 0) is 66.5 Å². The third-order valence-electron chi connectivity index (χ3n) is 20.2. The highest BCUT2D eigenvalue weighted by molar-refractivity contribution is 6.26. The maximum absolute atomic E-state index is 15.5. The van der Waals surface area contributed by atoms with E-state index in [0.29, 0.717) is 17.6 Å². The van der Waals surface area contributed by atoms with Crippen molar-refractivity contribution in [3.63, 3.8) is 0 Å². The summed E-state index contributed by atoms with van der Waals surface area (Å²) in [6, 6.07) is -1.03. The molecule has 27 atom stereocenters. The van der Waals surface area contributed by atoms with Crippen LogP contribution in [0.4, 0.5) is 4.79 Å². The van der Waals surface area contributed by atoms with Gasteiger partial charge in [-0.1, -0.05) is 63.6 Å². The summed E-state index contributed by atoms with van der Waals surface area (Å²) in [6.07, 6.45) is -2.99. The van der Waals surface area contributed by atoms with E-state index in [1.165, 1.54) is 21.1 Å². The van der Waals surface area contributed by atoms with Crippen molar-refractivity contribution >= 4 is 24.1 Å². The minimum Gasteiger partial charge on any atom is -0.762 e. The van der Waals surface area contributed by atoms with Crippen molar-refractivity contribution in [2.75, 3.05) is 14.2 Å². The molecule has 1 amide bonds. The molecule has 1 spiro atoms. The molecule has 0 radical (unpaired) electrons. The number of aliphatic hydroxyl groups is 4. The number of rotatable bonds is 12. The highest BCUT2D eigenvalue weighted by atomic mass is 16.8. The molecular weight excluding hydrogens is 1100 g/mol. The summed E-state index contributed by atoms with van der Waals surface area (Å²) in [5.41, 5.74) is -3.59. The van der Waals surface area contributed by atoms with E-state index in [-0.39, 0.29) is 55.6 Å². The minimum atomic E-state index is -1.86. The van der Waals surface area contributed by atoms with Crippen molar-refractivity contribution in [1.82, 2.24) is 10.5 Å². The van der Waals surface area contributed by atoms with Crippen molar-refractivity contribution in [3.8, 4) is 0 Å². The Morgan fingerprint density at radius 2 is 1.38 bits per heavy atom. The van der Waals surface area contributed by atoms with Crippen molar-refractivity contribution in [3.05, 3.63) is 63.6 Å². The van der Waals surface area contributed by atoms with Crippen LogP contribution in [0.15, 0.2) is 58.4 Å². The molecule has 1 saturated carbocycles. The van der Waals surface area contributed by atoms with Crippen molar-refractivity contribution in [2.24, 2.45) is 46.8 Å². The van der Waals surface area contributed by atoms with Crippen LogP contribution in [0, 0.1) is 52.0 Å². The van der Waals surface area contributed by atoms with Crippen LogP contribution in [0.25, 0.3) is 0 Å². The third kappa shape index (κ3) is 11.9. The first-order valence-electron chi connectivity index (χ1n) is 29.8. The topological polar surface area (TPSA) is 309 Å². The van der Waals surface area contributed by atoms with Gasteiger partial charge in [0.2, 0.25) is 5.78 Å². The number of carbonyl (C=O) groups excluding carboxylic acids is 4. The van der Waals surface area contributed by atoms with Gasteiger partial charge in [0.05, 0.1) is 73.6 Å². The van der Waals surface area contributed by atoms with Gasteiger partial charge in [-0.25, -0.2) is 9.59 Å². The zero-order chi connectivity index (χ0) is 61.2. The van der Waals surface area contributed by atoms with E-state index in [9.17, 15) is 45.2 Å². The zero-order valence-corrected chi connectivity index (χ0v) is 50.5. The summed E-state index contributed by atoms with van der Waals surface area (Å²) in [5, 5.41) is 72.8. The Balaban J connectivity index is 1.01. The smallest absolute Gasteiger partial charge is 0.407 e. The van der Waals surface area contributed by atoms with Gasteiger partial charge in [0.1, 0.15) is 35.9 Å². The number of ketones is 1. The molecule has 6 fully saturated rings. The second kappa shape index (κ2) is 25.2. The van der Waals surface area contributed by atoms with E-state index in [1.807, 2.05) is 26.0 Å². The number of hydrogen-bond acceptors (Lipinski definition) is 22. The summed E-state index contributed by atoms with van der Waals surface area (Å²) in [5.74, 6) is -5.36. The number of ether oxygens (including phenoxy) is 11. The van der Waals surface area contributed by atoms with E-state index in [0.717, 1.165) is 11.9 Å². The number of methoxy groups -OCH3 is 2. The van der Waals surface area contributed by atoms with E-state index >= 15 is 4.79 Å². The number of amides is 1. The van der Waals surface area contributed by atoms with Crippen molar-refractivity contribution in [1.29, 1.82) is 0 Å². The van der Waals surface area contributed by atoms with Crippen LogP contribution in [0.1, 0.15) is 121 Å². The summed E-state index contributed by atoms with van der Waals surface area (Å²) < 4.78 is 67.9. The predicted octanol–water partition coefficient (Wildman–Crippen LogP) is 5.69. The lowest BCUT2D eigenvalue weighted by molar-refractivity contribution is -0.335. The Hall–Kier alpha value is -4.02. The standard InChI is InChI=1S/C61H89N2O21/c1-27-14-17-42(80-47-25-59(10,63(72)73)54(35(9)79-47)62-58(71)75-13)28(2)19-37-20-36(26-64)31(5)24-61(37)56(69)48(57(70)84-61)55(68)60(11)39(27)16-15-38-49(60)29(3)18-30(4)51(38)82-46-23-43(50(67)32(6)76-46)81-44-22-41(66)53(34(8)78-44)83-45-21-40(65)52(74-12)33(7)77-45/h14-16,19-20,26,29-35,37-47,49-54,65-68,72H,17-18,21-25H2,1-13H3,(H,62,71)/q-1/b27-14+,28-19-,55-48?/t29-,30-,31+,32+,33+,34+,35+,37-,38-,39-,40-,41-,42-,43-,44-,45-,46-,47+,49+,50+,51-,52+,53+,54-,59-,60+,61?/m1/s1. The highest BCUT2D eigenvalue weighted by Crippen LogP contribution is 2.61. The van der Waals surface area contributed by atoms with Crippen LogP contribution in [0.3, 0.4) is 0 Å². The normalized spacial score (nSPS) is 48.5. The van der Waals surface area contributed by atoms with Gasteiger partial charge < -0.3 is 88.3 Å². The number of hydrogen-bond donors (Lipinski definition) is 6. The van der Waals surface area contributed by atoms with Gasteiger partial charge in [0.25, 0.3) is 0 Å². The van der Waals surface area contributed by atoms with E-state index < -0.39 is 180 Å². The number of aldehydes is 1. The molecule has 9 rings (SSSR count). The first-order chi connectivity index (χ1) is 39.6. The van der Waals surface area contributed by atoms with Gasteiger partial charge >= 0.3 is 12.1 Å². The van der Waals surface area contributed by atoms with Crippen LogP contribution < -0.4 is 5.32 Å². The van der Waals surface area contributed by atoms with Gasteiger partial charge in [0, 0.05) is 62.4 Å². The summed E-state index contributed by atoms with van der Waals surface area (Å²) in [6.45, 7) is 19.9. The van der Waals surface area contributed by atoms with Gasteiger partial charge in [-0.2, -0.15) is 0 Å². The van der Waals surface area contributed by atoms with E-state index in [1.54, 1.807) is 53.7 Å². The van der Waals surface area contributed by atoms with Gasteiger partial charge in [-0.3, -0.25) is 14.8 Å². The molecule has 0 aromatic carbocycles. The first kappa shape index (κ1) is 64.5. The van der Waals surface area contributed by atoms with Gasteiger partial charge in [-0.15, -0.1) is 0 Å². The number of nitrogens with zero attached hydrogens (tertiary/aromatic N) is 1. The largest absolute Gasteiger partial charge is 0.762 e. The average molecular weight is 1190 g/mol. The Bertz CT molecular complexity index is 2580. The predicted molar refractivity (Wildman–Crippen MR) is 297 cm³/mol. The van der Waals surface area contributed by atoms with E-state index in [4.69, 9.17) is 52.1 Å². The molecule has 0 aromatic heterocycles. The van der Waals surface area contributed by atoms with Crippen molar-refractivity contribution in [2.45, 2.75) is 237 Å². The Labute approximate surface area is 491 Å². The Morgan fingerprint density at radius 3 is 2.01 bits per heavy atom. The number of esters is 1. The fraction of sp³-hybridized carbons (Fsp3) is 0.770. The molecule has 5 aliphatic heterocycles. The lowest BCUT2D eigenvalue weighted by atomic mass is 9.49. The van der Waals surface area contributed by atoms with Gasteiger partial charge in [0.15, 0.2) is 30.8 Å². The van der Waals surface area contributed by atoms with Gasteiger partial charge in [-0.05, 0) is 96.1 Å². The molecule has 9 aliphatic rings. The molecular formula is C61H89N2O21-. The Kier molecular flexibility index (Phi) is 19.4.